The summed E-state index contributed by atoms with van der Waals surface area (Å²) in [4.78, 5) is 10.6. The number of thioether (sulfide) groups is 1. The molecule has 1 aromatic carbocycles. The Balaban J connectivity index is 1.60. The highest BCUT2D eigenvalue weighted by Gasteiger charge is 2.28. The van der Waals surface area contributed by atoms with Gasteiger partial charge in [-0.25, -0.2) is 9.97 Å². The summed E-state index contributed by atoms with van der Waals surface area (Å²) in [5, 5.41) is 7.40. The number of rotatable bonds is 4. The van der Waals surface area contributed by atoms with Gasteiger partial charge in [0.2, 0.25) is 0 Å². The molecule has 0 aliphatic heterocycles. The Morgan fingerprint density at radius 1 is 1.24 bits per heavy atom. The zero-order valence-corrected chi connectivity index (χ0v) is 15.0. The first kappa shape index (κ1) is 16.1. The maximum atomic E-state index is 6.35. The average molecular weight is 351 g/mol. The summed E-state index contributed by atoms with van der Waals surface area (Å²) >= 11 is 1.74. The van der Waals surface area contributed by atoms with Crippen molar-refractivity contribution in [2.24, 2.45) is 0 Å². The van der Waals surface area contributed by atoms with Gasteiger partial charge in [0.15, 0.2) is 0 Å². The van der Waals surface area contributed by atoms with E-state index in [9.17, 15) is 0 Å². The minimum Gasteiger partial charge on any atom is -0.383 e. The fourth-order valence-corrected chi connectivity index (χ4v) is 4.21. The lowest BCUT2D eigenvalue weighted by Gasteiger charge is -2.25. The van der Waals surface area contributed by atoms with Gasteiger partial charge < -0.3 is 5.73 Å². The van der Waals surface area contributed by atoms with E-state index in [-0.39, 0.29) is 5.92 Å². The Morgan fingerprint density at radius 2 is 2.08 bits per heavy atom. The van der Waals surface area contributed by atoms with Crippen LogP contribution in [0.3, 0.4) is 0 Å². The first-order chi connectivity index (χ1) is 12.2. The quantitative estimate of drug-likeness (QED) is 0.698. The number of nitrogen functional groups attached to an aromatic ring is 1. The van der Waals surface area contributed by atoms with Crippen molar-refractivity contribution in [1.82, 2.24) is 20.2 Å². The van der Waals surface area contributed by atoms with E-state index in [1.54, 1.807) is 11.8 Å². The summed E-state index contributed by atoms with van der Waals surface area (Å²) in [5.41, 5.74) is 10.6. The first-order valence-corrected chi connectivity index (χ1v) is 9.54. The molecule has 2 heterocycles. The standard InChI is InChI=1S/C19H21N5S/c1-12-10-16(24-23-12)14-8-5-9-15-18(14)19(20)22-17(21-15)11-25-13-6-3-2-4-7-13/h2-4,6-7,10,14H,5,8-9,11H2,1H3,(H,23,24)(H2,20,21,22). The Bertz CT molecular complexity index is 875. The number of hydrogen-bond acceptors (Lipinski definition) is 5. The summed E-state index contributed by atoms with van der Waals surface area (Å²) in [6, 6.07) is 12.4. The van der Waals surface area contributed by atoms with E-state index in [0.717, 1.165) is 53.5 Å². The molecule has 25 heavy (non-hydrogen) atoms. The van der Waals surface area contributed by atoms with Crippen molar-refractivity contribution in [1.29, 1.82) is 0 Å². The van der Waals surface area contributed by atoms with Crippen molar-refractivity contribution in [2.45, 2.75) is 42.8 Å². The van der Waals surface area contributed by atoms with Crippen LogP contribution in [0.1, 0.15) is 47.2 Å². The third-order valence-electron chi connectivity index (χ3n) is 4.57. The first-order valence-electron chi connectivity index (χ1n) is 8.55. The number of benzene rings is 1. The Morgan fingerprint density at radius 3 is 2.84 bits per heavy atom. The number of aromatic nitrogens is 4. The molecule has 128 valence electrons. The summed E-state index contributed by atoms with van der Waals surface area (Å²) < 4.78 is 0. The van der Waals surface area contributed by atoms with Crippen LogP contribution < -0.4 is 5.73 Å². The Labute approximate surface area is 151 Å². The van der Waals surface area contributed by atoms with Crippen molar-refractivity contribution in [3.05, 3.63) is 64.9 Å². The summed E-state index contributed by atoms with van der Waals surface area (Å²) in [7, 11) is 0. The van der Waals surface area contributed by atoms with Gasteiger partial charge in [-0.05, 0) is 44.4 Å². The second-order valence-corrected chi connectivity index (χ2v) is 7.45. The Kier molecular flexibility index (Phi) is 4.44. The number of nitrogens with two attached hydrogens (primary N) is 1. The topological polar surface area (TPSA) is 80.5 Å². The number of anilines is 1. The molecule has 0 amide bonds. The number of aryl methyl sites for hydroxylation is 2. The van der Waals surface area contributed by atoms with Gasteiger partial charge in [0.05, 0.1) is 17.1 Å². The van der Waals surface area contributed by atoms with Crippen molar-refractivity contribution in [2.75, 3.05) is 5.73 Å². The molecule has 2 aromatic heterocycles. The Hall–Kier alpha value is -2.34. The zero-order chi connectivity index (χ0) is 17.2. The molecule has 0 bridgehead atoms. The number of nitrogens with zero attached hydrogens (tertiary/aromatic N) is 3. The maximum Gasteiger partial charge on any atom is 0.141 e. The molecular weight excluding hydrogens is 330 g/mol. The fourth-order valence-electron chi connectivity index (χ4n) is 3.44. The predicted octanol–water partition coefficient (Wildman–Crippen LogP) is 3.85. The molecule has 3 N–H and O–H groups in total. The SMILES string of the molecule is Cc1cc(C2CCCc3nc(CSc4ccccc4)nc(N)c32)[nH]n1. The maximum absolute atomic E-state index is 6.35. The van der Waals surface area contributed by atoms with Crippen LogP contribution >= 0.6 is 11.8 Å². The molecule has 3 aromatic rings. The number of hydrogen-bond donors (Lipinski definition) is 2. The molecule has 1 aliphatic carbocycles. The van der Waals surface area contributed by atoms with E-state index in [1.807, 2.05) is 25.1 Å². The van der Waals surface area contributed by atoms with Crippen LogP contribution in [0.5, 0.6) is 0 Å². The molecule has 1 aliphatic rings. The van der Waals surface area contributed by atoms with E-state index in [4.69, 9.17) is 10.7 Å². The van der Waals surface area contributed by atoms with E-state index in [0.29, 0.717) is 5.82 Å². The summed E-state index contributed by atoms with van der Waals surface area (Å²) in [6.07, 6.45) is 3.13. The molecule has 1 unspecified atom stereocenters. The van der Waals surface area contributed by atoms with E-state index < -0.39 is 0 Å². The van der Waals surface area contributed by atoms with Crippen LogP contribution in [0, 0.1) is 6.92 Å². The van der Waals surface area contributed by atoms with Gasteiger partial charge in [-0.1, -0.05) is 18.2 Å². The molecule has 0 saturated heterocycles. The van der Waals surface area contributed by atoms with E-state index in [2.05, 4.69) is 33.4 Å². The van der Waals surface area contributed by atoms with Gasteiger partial charge >= 0.3 is 0 Å². The molecule has 4 rings (SSSR count). The van der Waals surface area contributed by atoms with Gasteiger partial charge in [-0.2, -0.15) is 5.10 Å². The van der Waals surface area contributed by atoms with Gasteiger partial charge in [0, 0.05) is 22.1 Å². The van der Waals surface area contributed by atoms with E-state index in [1.165, 1.54) is 4.90 Å². The zero-order valence-electron chi connectivity index (χ0n) is 14.2. The van der Waals surface area contributed by atoms with Gasteiger partial charge in [-0.3, -0.25) is 5.10 Å². The highest BCUT2D eigenvalue weighted by atomic mass is 32.2. The third-order valence-corrected chi connectivity index (χ3v) is 5.58. The number of nitrogens with one attached hydrogen (secondary N) is 1. The van der Waals surface area contributed by atoms with Crippen LogP contribution in [0.15, 0.2) is 41.3 Å². The third kappa shape index (κ3) is 3.39. The number of aromatic amines is 1. The molecular formula is C19H21N5S. The van der Waals surface area contributed by atoms with Crippen LogP contribution in [0.25, 0.3) is 0 Å². The molecule has 0 radical (unpaired) electrons. The second-order valence-electron chi connectivity index (χ2n) is 6.40. The predicted molar refractivity (Wildman–Crippen MR) is 101 cm³/mol. The van der Waals surface area contributed by atoms with Gasteiger partial charge in [0.1, 0.15) is 11.6 Å². The molecule has 0 fully saturated rings. The van der Waals surface area contributed by atoms with Crippen LogP contribution in [-0.4, -0.2) is 20.2 Å². The normalized spacial score (nSPS) is 16.6. The monoisotopic (exact) mass is 351 g/mol. The lowest BCUT2D eigenvalue weighted by atomic mass is 9.83. The molecule has 0 spiro atoms. The molecule has 6 heteroatoms. The second kappa shape index (κ2) is 6.88. The van der Waals surface area contributed by atoms with Crippen molar-refractivity contribution < 1.29 is 0 Å². The highest BCUT2D eigenvalue weighted by Crippen LogP contribution is 2.38. The fraction of sp³-hybridized carbons (Fsp3) is 0.316. The minimum atomic E-state index is 0.223. The minimum absolute atomic E-state index is 0.223. The highest BCUT2D eigenvalue weighted by molar-refractivity contribution is 7.98. The van der Waals surface area contributed by atoms with Gasteiger partial charge in [0.25, 0.3) is 0 Å². The largest absolute Gasteiger partial charge is 0.383 e. The lowest BCUT2D eigenvalue weighted by molar-refractivity contribution is 0.587. The molecule has 1 atom stereocenters. The van der Waals surface area contributed by atoms with Crippen molar-refractivity contribution in [3.63, 3.8) is 0 Å². The van der Waals surface area contributed by atoms with E-state index >= 15 is 0 Å². The molecule has 5 nitrogen and oxygen atoms in total. The summed E-state index contributed by atoms with van der Waals surface area (Å²) in [5.74, 6) is 2.38. The lowest BCUT2D eigenvalue weighted by Crippen LogP contribution is -2.18. The van der Waals surface area contributed by atoms with Crippen LogP contribution in [-0.2, 0) is 12.2 Å². The van der Waals surface area contributed by atoms with Crippen molar-refractivity contribution in [3.8, 4) is 0 Å². The molecule has 0 saturated carbocycles. The number of fused-ring (bicyclic) bond motifs is 1. The summed E-state index contributed by atoms with van der Waals surface area (Å²) in [6.45, 7) is 1.99. The van der Waals surface area contributed by atoms with Crippen LogP contribution in [0.4, 0.5) is 5.82 Å². The average Bonchev–Trinajstić information content (AvgIpc) is 3.06. The van der Waals surface area contributed by atoms with Crippen LogP contribution in [0.2, 0.25) is 0 Å². The number of H-pyrrole nitrogens is 1. The van der Waals surface area contributed by atoms with Crippen molar-refractivity contribution >= 4 is 17.6 Å². The van der Waals surface area contributed by atoms with Gasteiger partial charge in [-0.15, -0.1) is 11.8 Å². The smallest absolute Gasteiger partial charge is 0.141 e.